The van der Waals surface area contributed by atoms with Gasteiger partial charge in [0.1, 0.15) is 23.9 Å². The van der Waals surface area contributed by atoms with E-state index in [0.29, 0.717) is 50.5 Å². The monoisotopic (exact) mass is 856 g/mol. The molecule has 0 radical (unpaired) electrons. The Kier molecular flexibility index (Phi) is 14.4. The number of pyridine rings is 1. The summed E-state index contributed by atoms with van der Waals surface area (Å²) >= 11 is 1.43. The van der Waals surface area contributed by atoms with E-state index in [0.717, 1.165) is 57.5 Å². The summed E-state index contributed by atoms with van der Waals surface area (Å²) in [5.41, 5.74) is 8.57. The first-order valence-corrected chi connectivity index (χ1v) is 22.5. The topological polar surface area (TPSA) is 151 Å². The molecule has 3 aromatic heterocycles. The normalized spacial score (nSPS) is 20.5. The molecule has 2 aliphatic rings. The molecule has 1 fully saturated rings. The van der Waals surface area contributed by atoms with E-state index in [1.165, 1.54) is 21.2 Å². The van der Waals surface area contributed by atoms with Crippen LogP contribution in [0.1, 0.15) is 90.6 Å². The van der Waals surface area contributed by atoms with Crippen molar-refractivity contribution in [3.63, 3.8) is 0 Å². The predicted octanol–water partition coefficient (Wildman–Crippen LogP) is 6.66. The number of hydrogen-bond acceptors (Lipinski definition) is 10. The van der Waals surface area contributed by atoms with Gasteiger partial charge in [0.25, 0.3) is 5.91 Å². The number of hydrazine groups is 1. The van der Waals surface area contributed by atoms with Gasteiger partial charge in [-0.05, 0) is 88.1 Å². The van der Waals surface area contributed by atoms with Crippen molar-refractivity contribution in [3.05, 3.63) is 58.2 Å². The molecule has 0 unspecified atom stereocenters. The van der Waals surface area contributed by atoms with Crippen LogP contribution in [-0.2, 0) is 43.2 Å². The molecule has 4 atom stereocenters. The lowest BCUT2D eigenvalue weighted by molar-refractivity contribution is -0.147. The molecule has 2 aliphatic heterocycles. The molecule has 0 aliphatic carbocycles. The summed E-state index contributed by atoms with van der Waals surface area (Å²) in [4.78, 5) is 68.4. The Morgan fingerprint density at radius 3 is 2.57 bits per heavy atom. The number of carbonyl (C=O) groups is 4. The number of aldehydes is 1. The third kappa shape index (κ3) is 9.54. The number of thiazole rings is 1. The van der Waals surface area contributed by atoms with Crippen molar-refractivity contribution >= 4 is 46.4 Å². The molecule has 4 aromatic rings. The Morgan fingerprint density at radius 1 is 1.15 bits per heavy atom. The number of benzene rings is 1. The van der Waals surface area contributed by atoms with Crippen molar-refractivity contribution in [1.29, 1.82) is 0 Å². The first kappa shape index (κ1) is 45.8. The Hall–Kier alpha value is -4.70. The zero-order valence-electron chi connectivity index (χ0n) is 37.5. The number of aryl methyl sites for hydroxylation is 1. The van der Waals surface area contributed by atoms with E-state index in [-0.39, 0.29) is 36.5 Å². The van der Waals surface area contributed by atoms with Gasteiger partial charge in [-0.1, -0.05) is 33.8 Å². The van der Waals surface area contributed by atoms with Crippen LogP contribution in [-0.4, -0.2) is 118 Å². The lowest BCUT2D eigenvalue weighted by atomic mass is 9.84. The highest BCUT2D eigenvalue weighted by atomic mass is 32.1. The molecule has 1 saturated heterocycles. The van der Waals surface area contributed by atoms with Crippen LogP contribution in [0.5, 0.6) is 0 Å². The molecule has 2 N–H and O–H groups in total. The Labute approximate surface area is 364 Å². The number of nitrogens with zero attached hydrogens (tertiary/aromatic N) is 6. The van der Waals surface area contributed by atoms with Gasteiger partial charge in [-0.25, -0.2) is 15.2 Å². The summed E-state index contributed by atoms with van der Waals surface area (Å²) in [5.74, 6) is -1.08. The van der Waals surface area contributed by atoms with Gasteiger partial charge in [0.05, 0.1) is 41.4 Å². The zero-order chi connectivity index (χ0) is 44.2. The largest absolute Gasteiger partial charge is 0.378 e. The van der Waals surface area contributed by atoms with Gasteiger partial charge in [-0.3, -0.25) is 19.6 Å². The minimum Gasteiger partial charge on any atom is -0.378 e. The number of urea groups is 1. The van der Waals surface area contributed by atoms with Gasteiger partial charge in [-0.15, -0.1) is 11.3 Å². The molecule has 330 valence electrons. The van der Waals surface area contributed by atoms with Crippen molar-refractivity contribution in [2.75, 3.05) is 47.0 Å². The number of nitrogens with one attached hydrogen (secondary N) is 2. The SMILES string of the molecule is CCN(CC)C(=O)N(C)[C@H](C(=O)N[C@H]1Cc2nc(cs2)-c2ccc3c(c2)c(c(-c2cccnc2[C@H](C)OC)n3CC)CC(C)(C)COC[C@@]2(C=O)CCCN(N2)C1=O)C(C)C. The number of hydrogen-bond donors (Lipinski definition) is 2. The number of amides is 4. The van der Waals surface area contributed by atoms with E-state index < -0.39 is 29.4 Å². The standard InChI is InChI=1S/C46H64N8O6S/c1-11-52(12-2)44(58)51(9)40(29(4)5)42(56)49-35-23-38-48-36(25-61-38)31-17-18-37-33(22-31)34(41(53(37)13-3)32-16-14-20-47-39(32)30(6)59-10)24-45(7,8)27-60-28-46(26-55)19-15-21-54(50-46)43(35)57/h14,16-18,20,22,25-26,29-30,35,40,50H,11-13,15,19,21,23-24,27-28H2,1-10H3,(H,49,56)/t30-,35-,40-,46-/m0/s1. The molecule has 1 aromatic carbocycles. The van der Waals surface area contributed by atoms with E-state index in [1.807, 2.05) is 46.1 Å². The summed E-state index contributed by atoms with van der Waals surface area (Å²) in [6, 6.07) is 8.38. The van der Waals surface area contributed by atoms with E-state index >= 15 is 0 Å². The molecule has 0 saturated carbocycles. The van der Waals surface area contributed by atoms with Crippen LogP contribution in [0.25, 0.3) is 33.4 Å². The molecule has 61 heavy (non-hydrogen) atoms. The predicted molar refractivity (Wildman–Crippen MR) is 239 cm³/mol. The highest BCUT2D eigenvalue weighted by Gasteiger charge is 2.41. The summed E-state index contributed by atoms with van der Waals surface area (Å²) in [6.07, 6.45) is 4.21. The second-order valence-corrected chi connectivity index (χ2v) is 18.5. The average molecular weight is 857 g/mol. The highest BCUT2D eigenvalue weighted by molar-refractivity contribution is 7.10. The van der Waals surface area contributed by atoms with E-state index in [4.69, 9.17) is 19.4 Å². The lowest BCUT2D eigenvalue weighted by Crippen LogP contribution is -2.66. The molecule has 5 heterocycles. The summed E-state index contributed by atoms with van der Waals surface area (Å²) in [7, 11) is 3.33. The van der Waals surface area contributed by atoms with Gasteiger partial charge in [0.2, 0.25) is 5.91 Å². The second kappa shape index (κ2) is 19.1. The zero-order valence-corrected chi connectivity index (χ0v) is 38.4. The molecule has 4 amide bonds. The maximum absolute atomic E-state index is 14.6. The molecule has 15 heteroatoms. The average Bonchev–Trinajstić information content (AvgIpc) is 3.84. The maximum atomic E-state index is 14.6. The fourth-order valence-corrected chi connectivity index (χ4v) is 9.78. The van der Waals surface area contributed by atoms with Gasteiger partial charge >= 0.3 is 6.03 Å². The molecule has 14 nitrogen and oxygen atoms in total. The van der Waals surface area contributed by atoms with Crippen molar-refractivity contribution < 1.29 is 28.7 Å². The number of aromatic nitrogens is 3. The van der Waals surface area contributed by atoms with Crippen LogP contribution in [0.4, 0.5) is 4.79 Å². The summed E-state index contributed by atoms with van der Waals surface area (Å²) < 4.78 is 14.6. The summed E-state index contributed by atoms with van der Waals surface area (Å²) in [6.45, 7) is 18.5. The van der Waals surface area contributed by atoms with E-state index in [1.54, 1.807) is 25.3 Å². The summed E-state index contributed by atoms with van der Waals surface area (Å²) in [5, 5.41) is 8.24. The van der Waals surface area contributed by atoms with Crippen molar-refractivity contribution in [2.24, 2.45) is 11.3 Å². The molecule has 6 rings (SSSR count). The molecule has 6 bridgehead atoms. The van der Waals surface area contributed by atoms with Crippen LogP contribution < -0.4 is 10.7 Å². The van der Waals surface area contributed by atoms with Gasteiger partial charge in [0.15, 0.2) is 0 Å². The third-order valence-electron chi connectivity index (χ3n) is 12.2. The van der Waals surface area contributed by atoms with Gasteiger partial charge in [-0.2, -0.15) is 0 Å². The number of carbonyl (C=O) groups excluding carboxylic acids is 4. The highest BCUT2D eigenvalue weighted by Crippen LogP contribution is 2.42. The second-order valence-electron chi connectivity index (χ2n) is 17.6. The van der Waals surface area contributed by atoms with Crippen molar-refractivity contribution in [2.45, 2.75) is 111 Å². The smallest absolute Gasteiger partial charge is 0.320 e. The minimum absolute atomic E-state index is 0.0517. The minimum atomic E-state index is -1.16. The van der Waals surface area contributed by atoms with Gasteiger partial charge < -0.3 is 34.0 Å². The Morgan fingerprint density at radius 2 is 1.90 bits per heavy atom. The van der Waals surface area contributed by atoms with Crippen LogP contribution in [0, 0.1) is 11.3 Å². The Balaban J connectivity index is 1.47. The van der Waals surface area contributed by atoms with Crippen LogP contribution in [0.3, 0.4) is 0 Å². The van der Waals surface area contributed by atoms with Crippen molar-refractivity contribution in [3.8, 4) is 22.5 Å². The molecular formula is C46H64N8O6S. The number of ether oxygens (including phenoxy) is 2. The third-order valence-corrected chi connectivity index (χ3v) is 13.0. The number of fused-ring (bicyclic) bond motifs is 6. The molecule has 0 spiro atoms. The maximum Gasteiger partial charge on any atom is 0.320 e. The van der Waals surface area contributed by atoms with E-state index in [9.17, 15) is 19.2 Å². The number of rotatable bonds is 11. The fraction of sp³-hybridized carbons (Fsp3) is 0.565. The molecular weight excluding hydrogens is 793 g/mol. The first-order chi connectivity index (χ1) is 29.1. The van der Waals surface area contributed by atoms with Crippen LogP contribution in [0.15, 0.2) is 41.9 Å². The van der Waals surface area contributed by atoms with Crippen LogP contribution in [0.2, 0.25) is 0 Å². The fourth-order valence-electron chi connectivity index (χ4n) is 8.93. The van der Waals surface area contributed by atoms with E-state index in [2.05, 4.69) is 60.3 Å². The van der Waals surface area contributed by atoms with Gasteiger partial charge in [0, 0.05) is 80.4 Å². The number of likely N-dealkylation sites (N-methyl/N-ethyl adjacent to an activating group) is 1. The Bertz CT molecular complexity index is 2210. The lowest BCUT2D eigenvalue weighted by Gasteiger charge is -2.42. The quantitative estimate of drug-likeness (QED) is 0.158. The van der Waals surface area contributed by atoms with Crippen LogP contribution >= 0.6 is 11.3 Å². The number of methoxy groups -OCH3 is 1. The van der Waals surface area contributed by atoms with Crippen molar-refractivity contribution in [1.82, 2.24) is 40.1 Å². The first-order valence-electron chi connectivity index (χ1n) is 21.6.